The predicted octanol–water partition coefficient (Wildman–Crippen LogP) is 0.716. The van der Waals surface area contributed by atoms with Crippen molar-refractivity contribution in [3.63, 3.8) is 0 Å². The van der Waals surface area contributed by atoms with Gasteiger partial charge in [-0.05, 0) is 19.3 Å². The average Bonchev–Trinajstić information content (AvgIpc) is 2.78. The third-order valence-electron chi connectivity index (χ3n) is 3.48. The van der Waals surface area contributed by atoms with E-state index in [9.17, 15) is 9.90 Å². The standard InChI is InChI=1S/C12H20N4O2S.2ClH/c13-9-5-7(1-2-10(9)17)11(18)15-4-3-8-6-19-12(14)16-8;;/h6-7,9-10,17H,1-5,13H2,(H2,14,16)(H,15,18);2*1H/t7-,9+,10+;;/m0../s1. The van der Waals surface area contributed by atoms with Crippen molar-refractivity contribution in [1.29, 1.82) is 0 Å². The molecule has 1 aromatic heterocycles. The number of aliphatic hydroxyl groups is 1. The Bertz CT molecular complexity index is 447. The van der Waals surface area contributed by atoms with E-state index in [1.54, 1.807) is 0 Å². The van der Waals surface area contributed by atoms with E-state index in [-0.39, 0.29) is 42.7 Å². The first-order valence-electron chi connectivity index (χ1n) is 6.47. The van der Waals surface area contributed by atoms with Crippen molar-refractivity contribution in [2.75, 3.05) is 12.3 Å². The molecule has 0 aromatic carbocycles. The van der Waals surface area contributed by atoms with Gasteiger partial charge in [0.05, 0.1) is 11.8 Å². The monoisotopic (exact) mass is 356 g/mol. The number of rotatable bonds is 4. The number of hydrogen-bond acceptors (Lipinski definition) is 6. The Kier molecular flexibility index (Phi) is 9.15. The first-order valence-corrected chi connectivity index (χ1v) is 7.35. The first-order chi connectivity index (χ1) is 9.06. The molecule has 0 aliphatic heterocycles. The summed E-state index contributed by atoms with van der Waals surface area (Å²) < 4.78 is 0. The van der Waals surface area contributed by atoms with E-state index in [0.717, 1.165) is 5.69 Å². The smallest absolute Gasteiger partial charge is 0.223 e. The van der Waals surface area contributed by atoms with Crippen molar-refractivity contribution in [1.82, 2.24) is 10.3 Å². The van der Waals surface area contributed by atoms with Crippen molar-refractivity contribution in [2.45, 2.75) is 37.8 Å². The fraction of sp³-hybridized carbons (Fsp3) is 0.667. The number of halogens is 2. The Hall–Kier alpha value is -0.600. The van der Waals surface area contributed by atoms with Crippen LogP contribution >= 0.6 is 36.2 Å². The maximum absolute atomic E-state index is 12.0. The molecule has 9 heteroatoms. The molecule has 1 amide bonds. The lowest BCUT2D eigenvalue weighted by molar-refractivity contribution is -0.126. The number of anilines is 1. The van der Waals surface area contributed by atoms with E-state index in [1.165, 1.54) is 11.3 Å². The van der Waals surface area contributed by atoms with Gasteiger partial charge >= 0.3 is 0 Å². The third kappa shape index (κ3) is 5.96. The SMILES string of the molecule is Cl.Cl.Nc1nc(CCNC(=O)[C@H]2CC[C@@H](O)[C@H](N)C2)cs1. The van der Waals surface area contributed by atoms with Gasteiger partial charge in [-0.2, -0.15) is 0 Å². The Labute approximate surface area is 140 Å². The van der Waals surface area contributed by atoms with E-state index in [1.807, 2.05) is 5.38 Å². The van der Waals surface area contributed by atoms with Crippen LogP contribution in [0.25, 0.3) is 0 Å². The predicted molar refractivity (Wildman–Crippen MR) is 89.1 cm³/mol. The second kappa shape index (κ2) is 9.42. The van der Waals surface area contributed by atoms with Crippen molar-refractivity contribution >= 4 is 47.2 Å². The number of nitrogen functional groups attached to an aromatic ring is 1. The molecule has 0 saturated heterocycles. The largest absolute Gasteiger partial charge is 0.392 e. The minimum atomic E-state index is -0.470. The maximum atomic E-state index is 12.0. The highest BCUT2D eigenvalue weighted by Crippen LogP contribution is 2.23. The molecule has 1 heterocycles. The zero-order valence-corrected chi connectivity index (χ0v) is 14.0. The molecule has 1 aliphatic rings. The fourth-order valence-corrected chi connectivity index (χ4v) is 2.92. The lowest BCUT2D eigenvalue weighted by atomic mass is 9.83. The van der Waals surface area contributed by atoms with Crippen molar-refractivity contribution in [3.05, 3.63) is 11.1 Å². The Morgan fingerprint density at radius 3 is 2.76 bits per heavy atom. The number of carbonyl (C=O) groups is 1. The molecule has 3 atom stereocenters. The van der Waals surface area contributed by atoms with Crippen LogP contribution in [0.2, 0.25) is 0 Å². The number of aliphatic hydroxyl groups excluding tert-OH is 1. The average molecular weight is 357 g/mol. The van der Waals surface area contributed by atoms with Gasteiger partial charge in [-0.3, -0.25) is 4.79 Å². The molecule has 122 valence electrons. The normalized spacial score (nSPS) is 24.6. The summed E-state index contributed by atoms with van der Waals surface area (Å²) in [5.41, 5.74) is 12.2. The summed E-state index contributed by atoms with van der Waals surface area (Å²) in [6.07, 6.45) is 2.06. The third-order valence-corrected chi connectivity index (χ3v) is 4.21. The molecule has 1 aliphatic carbocycles. The summed E-state index contributed by atoms with van der Waals surface area (Å²) in [6, 6.07) is -0.289. The van der Waals surface area contributed by atoms with E-state index >= 15 is 0 Å². The lowest BCUT2D eigenvalue weighted by Crippen LogP contribution is -2.45. The molecule has 1 saturated carbocycles. The van der Waals surface area contributed by atoms with Crippen molar-refractivity contribution in [2.24, 2.45) is 11.7 Å². The van der Waals surface area contributed by atoms with Crippen molar-refractivity contribution in [3.8, 4) is 0 Å². The summed E-state index contributed by atoms with van der Waals surface area (Å²) in [4.78, 5) is 16.1. The van der Waals surface area contributed by atoms with Crippen LogP contribution in [0, 0.1) is 5.92 Å². The van der Waals surface area contributed by atoms with Gasteiger partial charge in [-0.25, -0.2) is 4.98 Å². The Morgan fingerprint density at radius 1 is 1.48 bits per heavy atom. The van der Waals surface area contributed by atoms with Gasteiger partial charge in [0, 0.05) is 30.3 Å². The van der Waals surface area contributed by atoms with Crippen LogP contribution in [-0.4, -0.2) is 34.7 Å². The fourth-order valence-electron chi connectivity index (χ4n) is 2.32. The molecule has 1 fully saturated rings. The van der Waals surface area contributed by atoms with Gasteiger partial charge in [0.2, 0.25) is 5.91 Å². The number of thiazole rings is 1. The molecule has 0 bridgehead atoms. The molecule has 6 nitrogen and oxygen atoms in total. The molecular formula is C12H22Cl2N4O2S. The number of hydrogen-bond donors (Lipinski definition) is 4. The van der Waals surface area contributed by atoms with Gasteiger partial charge in [0.25, 0.3) is 0 Å². The van der Waals surface area contributed by atoms with Crippen LogP contribution in [0.1, 0.15) is 25.0 Å². The minimum Gasteiger partial charge on any atom is -0.392 e. The minimum absolute atomic E-state index is 0. The summed E-state index contributed by atoms with van der Waals surface area (Å²) in [7, 11) is 0. The van der Waals surface area contributed by atoms with E-state index < -0.39 is 6.10 Å². The van der Waals surface area contributed by atoms with Crippen molar-refractivity contribution < 1.29 is 9.90 Å². The molecule has 0 spiro atoms. The van der Waals surface area contributed by atoms with E-state index in [2.05, 4.69) is 10.3 Å². The summed E-state index contributed by atoms with van der Waals surface area (Å²) in [5, 5.41) is 14.9. The van der Waals surface area contributed by atoms with Crippen LogP contribution in [0.3, 0.4) is 0 Å². The number of amides is 1. The van der Waals surface area contributed by atoms with Crippen LogP contribution in [0.4, 0.5) is 5.13 Å². The summed E-state index contributed by atoms with van der Waals surface area (Å²) in [6.45, 7) is 0.552. The molecular weight excluding hydrogens is 335 g/mol. The van der Waals surface area contributed by atoms with Crippen LogP contribution in [-0.2, 0) is 11.2 Å². The molecule has 0 unspecified atom stereocenters. The van der Waals surface area contributed by atoms with E-state index in [0.29, 0.717) is 37.4 Å². The van der Waals surface area contributed by atoms with Gasteiger partial charge < -0.3 is 21.9 Å². The number of carbonyl (C=O) groups excluding carboxylic acids is 1. The number of nitrogens with one attached hydrogen (secondary N) is 1. The van der Waals surface area contributed by atoms with E-state index in [4.69, 9.17) is 11.5 Å². The zero-order valence-electron chi connectivity index (χ0n) is 11.5. The quantitative estimate of drug-likeness (QED) is 0.634. The van der Waals surface area contributed by atoms with Gasteiger partial charge in [-0.15, -0.1) is 36.2 Å². The van der Waals surface area contributed by atoms with Crippen LogP contribution < -0.4 is 16.8 Å². The highest BCUT2D eigenvalue weighted by molar-refractivity contribution is 7.13. The molecule has 21 heavy (non-hydrogen) atoms. The van der Waals surface area contributed by atoms with Crippen LogP contribution in [0.5, 0.6) is 0 Å². The second-order valence-electron chi connectivity index (χ2n) is 4.96. The topological polar surface area (TPSA) is 114 Å². The highest BCUT2D eigenvalue weighted by atomic mass is 35.5. The summed E-state index contributed by atoms with van der Waals surface area (Å²) >= 11 is 1.40. The molecule has 2 rings (SSSR count). The lowest BCUT2D eigenvalue weighted by Gasteiger charge is -2.29. The first kappa shape index (κ1) is 20.4. The van der Waals surface area contributed by atoms with Gasteiger partial charge in [-0.1, -0.05) is 0 Å². The van der Waals surface area contributed by atoms with Gasteiger partial charge in [0.15, 0.2) is 5.13 Å². The Balaban J connectivity index is 0.00000200. The Morgan fingerprint density at radius 2 is 2.19 bits per heavy atom. The molecule has 0 radical (unpaired) electrons. The number of aromatic nitrogens is 1. The molecule has 6 N–H and O–H groups in total. The maximum Gasteiger partial charge on any atom is 0.223 e. The van der Waals surface area contributed by atoms with Gasteiger partial charge in [0.1, 0.15) is 0 Å². The summed E-state index contributed by atoms with van der Waals surface area (Å²) in [5.74, 6) is -0.0653. The second-order valence-corrected chi connectivity index (χ2v) is 5.85. The number of nitrogens with zero attached hydrogens (tertiary/aromatic N) is 1. The highest BCUT2D eigenvalue weighted by Gasteiger charge is 2.30. The van der Waals surface area contributed by atoms with Crippen LogP contribution in [0.15, 0.2) is 5.38 Å². The number of nitrogens with two attached hydrogens (primary N) is 2. The zero-order chi connectivity index (χ0) is 13.8. The molecule has 1 aromatic rings.